The smallest absolute Gasteiger partial charge is 0.263 e. The lowest BCUT2D eigenvalue weighted by Crippen LogP contribution is -2.25. The van der Waals surface area contributed by atoms with Gasteiger partial charge in [-0.2, -0.15) is 0 Å². The van der Waals surface area contributed by atoms with E-state index in [9.17, 15) is 17.6 Å². The van der Waals surface area contributed by atoms with Gasteiger partial charge in [-0.3, -0.25) is 9.52 Å². The molecule has 1 heterocycles. The SMILES string of the molecule is Cc1nc(NS(=O)(=O)c2ccc(F)cc2)sc1C(=O)NCCC(c1ccccc1)c1ccccc1. The lowest BCUT2D eigenvalue weighted by atomic mass is 9.88. The summed E-state index contributed by atoms with van der Waals surface area (Å²) in [6, 6.07) is 24.7. The molecule has 0 spiro atoms. The van der Waals surface area contributed by atoms with Crippen molar-refractivity contribution in [1.82, 2.24) is 10.3 Å². The van der Waals surface area contributed by atoms with Crippen LogP contribution in [0.2, 0.25) is 0 Å². The predicted molar refractivity (Wildman–Crippen MR) is 136 cm³/mol. The number of sulfonamides is 1. The molecule has 0 aliphatic rings. The average Bonchev–Trinajstić information content (AvgIpc) is 3.22. The van der Waals surface area contributed by atoms with Crippen LogP contribution in [-0.4, -0.2) is 25.9 Å². The van der Waals surface area contributed by atoms with Gasteiger partial charge in [0.1, 0.15) is 10.7 Å². The molecule has 3 aromatic carbocycles. The first-order valence-corrected chi connectivity index (χ1v) is 13.3. The van der Waals surface area contributed by atoms with Crippen molar-refractivity contribution in [2.75, 3.05) is 11.3 Å². The molecule has 0 saturated carbocycles. The summed E-state index contributed by atoms with van der Waals surface area (Å²) in [5.41, 5.74) is 2.76. The third kappa shape index (κ3) is 6.12. The third-order valence-corrected chi connectivity index (χ3v) is 8.03. The second kappa shape index (κ2) is 10.8. The number of benzene rings is 3. The summed E-state index contributed by atoms with van der Waals surface area (Å²) in [5, 5.41) is 3.01. The second-order valence-corrected chi connectivity index (χ2v) is 10.6. The molecule has 4 aromatic rings. The molecule has 4 rings (SSSR count). The van der Waals surface area contributed by atoms with Crippen molar-refractivity contribution in [3.63, 3.8) is 0 Å². The van der Waals surface area contributed by atoms with Crippen LogP contribution in [0.4, 0.5) is 9.52 Å². The number of amides is 1. The summed E-state index contributed by atoms with van der Waals surface area (Å²) in [4.78, 5) is 17.3. The van der Waals surface area contributed by atoms with Gasteiger partial charge in [-0.15, -0.1) is 0 Å². The highest BCUT2D eigenvalue weighted by Gasteiger charge is 2.21. The highest BCUT2D eigenvalue weighted by molar-refractivity contribution is 7.93. The molecule has 2 N–H and O–H groups in total. The zero-order chi connectivity index (χ0) is 24.8. The van der Waals surface area contributed by atoms with E-state index in [1.165, 1.54) is 23.3 Å². The van der Waals surface area contributed by atoms with Gasteiger partial charge in [-0.1, -0.05) is 72.0 Å². The van der Waals surface area contributed by atoms with Crippen molar-refractivity contribution in [2.24, 2.45) is 0 Å². The maximum atomic E-state index is 13.1. The van der Waals surface area contributed by atoms with E-state index in [0.717, 1.165) is 23.5 Å². The number of hydrogen-bond acceptors (Lipinski definition) is 5. The molecule has 1 aromatic heterocycles. The van der Waals surface area contributed by atoms with Crippen LogP contribution >= 0.6 is 11.3 Å². The summed E-state index contributed by atoms with van der Waals surface area (Å²) in [7, 11) is -3.95. The minimum absolute atomic E-state index is 0.0726. The minimum Gasteiger partial charge on any atom is -0.351 e. The molecule has 9 heteroatoms. The number of nitrogens with zero attached hydrogens (tertiary/aromatic N) is 1. The Morgan fingerprint density at radius 1 is 0.943 bits per heavy atom. The lowest BCUT2D eigenvalue weighted by Gasteiger charge is -2.18. The van der Waals surface area contributed by atoms with Crippen LogP contribution in [0.1, 0.15) is 38.8 Å². The van der Waals surface area contributed by atoms with Gasteiger partial charge in [0.2, 0.25) is 0 Å². The fraction of sp³-hybridized carbons (Fsp3) is 0.154. The summed E-state index contributed by atoms with van der Waals surface area (Å²) in [6.07, 6.45) is 0.696. The van der Waals surface area contributed by atoms with Gasteiger partial charge in [0.15, 0.2) is 5.13 Å². The molecule has 0 aliphatic carbocycles. The number of thiazole rings is 1. The molecule has 0 aliphatic heterocycles. The Labute approximate surface area is 207 Å². The van der Waals surface area contributed by atoms with E-state index in [0.29, 0.717) is 23.5 Å². The van der Waals surface area contributed by atoms with Gasteiger partial charge in [0.25, 0.3) is 15.9 Å². The molecule has 0 saturated heterocycles. The predicted octanol–water partition coefficient (Wildman–Crippen LogP) is 5.34. The largest absolute Gasteiger partial charge is 0.351 e. The highest BCUT2D eigenvalue weighted by Crippen LogP contribution is 2.28. The quantitative estimate of drug-likeness (QED) is 0.319. The summed E-state index contributed by atoms with van der Waals surface area (Å²) >= 11 is 0.956. The molecular formula is C26H24FN3O3S2. The number of halogens is 1. The maximum Gasteiger partial charge on any atom is 0.263 e. The van der Waals surface area contributed by atoms with E-state index >= 15 is 0 Å². The van der Waals surface area contributed by atoms with Crippen molar-refractivity contribution in [3.8, 4) is 0 Å². The van der Waals surface area contributed by atoms with Crippen molar-refractivity contribution in [2.45, 2.75) is 24.2 Å². The van der Waals surface area contributed by atoms with Crippen molar-refractivity contribution in [3.05, 3.63) is 112 Å². The molecule has 180 valence electrons. The van der Waals surface area contributed by atoms with Gasteiger partial charge in [0, 0.05) is 12.5 Å². The number of nitrogens with one attached hydrogen (secondary N) is 2. The number of carbonyl (C=O) groups is 1. The van der Waals surface area contributed by atoms with Crippen molar-refractivity contribution >= 4 is 32.4 Å². The molecule has 35 heavy (non-hydrogen) atoms. The van der Waals surface area contributed by atoms with E-state index in [1.54, 1.807) is 6.92 Å². The number of anilines is 1. The molecule has 6 nitrogen and oxygen atoms in total. The number of hydrogen-bond donors (Lipinski definition) is 2. The fourth-order valence-corrected chi connectivity index (χ4v) is 5.86. The first kappa shape index (κ1) is 24.6. The fourth-order valence-electron chi connectivity index (χ4n) is 3.75. The zero-order valence-electron chi connectivity index (χ0n) is 18.9. The van der Waals surface area contributed by atoms with Crippen LogP contribution in [0.15, 0.2) is 89.8 Å². The summed E-state index contributed by atoms with van der Waals surface area (Å²) in [6.45, 7) is 2.08. The van der Waals surface area contributed by atoms with Crippen LogP contribution in [-0.2, 0) is 10.0 Å². The number of carbonyl (C=O) groups excluding carboxylic acids is 1. The molecule has 0 bridgehead atoms. The maximum absolute atomic E-state index is 13.1. The van der Waals surface area contributed by atoms with Gasteiger partial charge in [-0.25, -0.2) is 17.8 Å². The average molecular weight is 510 g/mol. The van der Waals surface area contributed by atoms with E-state index in [4.69, 9.17) is 0 Å². The topological polar surface area (TPSA) is 88.2 Å². The Kier molecular flexibility index (Phi) is 7.57. The number of aryl methyl sites for hydroxylation is 1. The summed E-state index contributed by atoms with van der Waals surface area (Å²) < 4.78 is 40.6. The summed E-state index contributed by atoms with van der Waals surface area (Å²) in [5.74, 6) is -0.722. The van der Waals surface area contributed by atoms with E-state index in [2.05, 4.69) is 39.3 Å². The Morgan fingerprint density at radius 3 is 2.09 bits per heavy atom. The van der Waals surface area contributed by atoms with Crippen LogP contribution < -0.4 is 10.0 Å². The normalized spacial score (nSPS) is 11.4. The van der Waals surface area contributed by atoms with Gasteiger partial charge in [0.05, 0.1) is 10.6 Å². The molecule has 0 unspecified atom stereocenters. The molecule has 0 fully saturated rings. The van der Waals surface area contributed by atoms with Crippen molar-refractivity contribution in [1.29, 1.82) is 0 Å². The van der Waals surface area contributed by atoms with E-state index in [-0.39, 0.29) is 21.9 Å². The van der Waals surface area contributed by atoms with Gasteiger partial charge < -0.3 is 5.32 Å². The molecule has 0 atom stereocenters. The molecule has 1 amide bonds. The first-order valence-electron chi connectivity index (χ1n) is 11.0. The molecule has 0 radical (unpaired) electrons. The van der Waals surface area contributed by atoms with E-state index < -0.39 is 15.8 Å². The van der Waals surface area contributed by atoms with Crippen LogP contribution in [0.3, 0.4) is 0 Å². The Hall–Kier alpha value is -3.56. The first-order chi connectivity index (χ1) is 16.8. The minimum atomic E-state index is -3.95. The van der Waals surface area contributed by atoms with Gasteiger partial charge in [-0.05, 0) is 48.7 Å². The number of aromatic nitrogens is 1. The van der Waals surface area contributed by atoms with Crippen LogP contribution in [0, 0.1) is 12.7 Å². The Balaban J connectivity index is 1.42. The highest BCUT2D eigenvalue weighted by atomic mass is 32.2. The third-order valence-electron chi connectivity index (χ3n) is 5.47. The van der Waals surface area contributed by atoms with Crippen LogP contribution in [0.25, 0.3) is 0 Å². The zero-order valence-corrected chi connectivity index (χ0v) is 20.6. The standard InChI is InChI=1S/C26H24FN3O3S2/c1-18-24(34-26(29-18)30-35(32,33)22-14-12-21(27)13-15-22)25(31)28-17-16-23(19-8-4-2-5-9-19)20-10-6-3-7-11-20/h2-15,23H,16-17H2,1H3,(H,28,31)(H,29,30). The molecular weight excluding hydrogens is 485 g/mol. The van der Waals surface area contributed by atoms with Gasteiger partial charge >= 0.3 is 0 Å². The lowest BCUT2D eigenvalue weighted by molar-refractivity contribution is 0.0956. The van der Waals surface area contributed by atoms with E-state index in [1.807, 2.05) is 36.4 Å². The van der Waals surface area contributed by atoms with Crippen molar-refractivity contribution < 1.29 is 17.6 Å². The second-order valence-electron chi connectivity index (χ2n) is 7.91. The Morgan fingerprint density at radius 2 is 1.51 bits per heavy atom. The monoisotopic (exact) mass is 509 g/mol. The Bertz CT molecular complexity index is 1350. The van der Waals surface area contributed by atoms with Crippen LogP contribution in [0.5, 0.6) is 0 Å². The number of rotatable bonds is 9.